The van der Waals surface area contributed by atoms with Gasteiger partial charge in [0.05, 0.1) is 0 Å². The Hall–Kier alpha value is -2.94. The van der Waals surface area contributed by atoms with Crippen molar-refractivity contribution in [1.82, 2.24) is 0 Å². The Bertz CT molecular complexity index is 810. The average molecular weight is 331 g/mol. The number of anilines is 5. The predicted octanol–water partition coefficient (Wildman–Crippen LogP) is 5.29. The number of nitrogens with zero attached hydrogens (tertiary/aromatic N) is 3. The summed E-state index contributed by atoms with van der Waals surface area (Å²) in [6.45, 7) is 0. The summed E-state index contributed by atoms with van der Waals surface area (Å²) in [7, 11) is 8.32. The molecule has 25 heavy (non-hydrogen) atoms. The van der Waals surface area contributed by atoms with Gasteiger partial charge in [-0.2, -0.15) is 0 Å². The van der Waals surface area contributed by atoms with E-state index in [1.165, 1.54) is 28.4 Å². The molecule has 0 fully saturated rings. The first kappa shape index (κ1) is 16.9. The Kier molecular flexibility index (Phi) is 4.94. The predicted molar refractivity (Wildman–Crippen MR) is 110 cm³/mol. The minimum atomic E-state index is 1.17. The third-order valence-corrected chi connectivity index (χ3v) is 4.50. The number of benzene rings is 3. The monoisotopic (exact) mass is 331 g/mol. The third kappa shape index (κ3) is 3.77. The summed E-state index contributed by atoms with van der Waals surface area (Å²) in [5.41, 5.74) is 5.90. The van der Waals surface area contributed by atoms with Gasteiger partial charge in [-0.05, 0) is 54.6 Å². The van der Waals surface area contributed by atoms with Crippen molar-refractivity contribution in [3.05, 3.63) is 78.9 Å². The van der Waals surface area contributed by atoms with Gasteiger partial charge in [-0.15, -0.1) is 0 Å². The maximum atomic E-state index is 2.21. The van der Waals surface area contributed by atoms with E-state index in [0.29, 0.717) is 0 Å². The molecule has 0 atom stereocenters. The Morgan fingerprint density at radius 1 is 0.440 bits per heavy atom. The van der Waals surface area contributed by atoms with E-state index in [1.54, 1.807) is 0 Å². The maximum absolute atomic E-state index is 2.21. The molecule has 0 aliphatic rings. The van der Waals surface area contributed by atoms with E-state index < -0.39 is 0 Å². The van der Waals surface area contributed by atoms with Crippen LogP contribution in [-0.4, -0.2) is 28.2 Å². The summed E-state index contributed by atoms with van der Waals surface area (Å²) >= 11 is 0. The molecule has 0 radical (unpaired) electrons. The fourth-order valence-corrected chi connectivity index (χ4v) is 2.83. The Labute approximate surface area is 150 Å². The van der Waals surface area contributed by atoms with Crippen molar-refractivity contribution < 1.29 is 0 Å². The van der Waals surface area contributed by atoms with E-state index in [9.17, 15) is 0 Å². The quantitative estimate of drug-likeness (QED) is 0.629. The van der Waals surface area contributed by atoms with Crippen LogP contribution in [0.4, 0.5) is 28.4 Å². The van der Waals surface area contributed by atoms with Crippen molar-refractivity contribution in [1.29, 1.82) is 0 Å². The van der Waals surface area contributed by atoms with E-state index in [-0.39, 0.29) is 0 Å². The molecule has 0 heterocycles. The van der Waals surface area contributed by atoms with Crippen LogP contribution in [-0.2, 0) is 0 Å². The van der Waals surface area contributed by atoms with Crippen molar-refractivity contribution >= 4 is 28.4 Å². The summed E-state index contributed by atoms with van der Waals surface area (Å²) in [6.07, 6.45) is 0. The van der Waals surface area contributed by atoms with Crippen LogP contribution in [0.3, 0.4) is 0 Å². The van der Waals surface area contributed by atoms with Gasteiger partial charge in [0.25, 0.3) is 0 Å². The highest BCUT2D eigenvalue weighted by Crippen LogP contribution is 2.30. The second-order valence-electron chi connectivity index (χ2n) is 6.38. The van der Waals surface area contributed by atoms with Crippen molar-refractivity contribution in [2.75, 3.05) is 42.9 Å². The first-order valence-corrected chi connectivity index (χ1v) is 8.46. The lowest BCUT2D eigenvalue weighted by Gasteiger charge is -2.24. The van der Waals surface area contributed by atoms with Crippen LogP contribution in [0.5, 0.6) is 0 Å². The number of rotatable bonds is 5. The standard InChI is InChI=1S/C22H25N3/c1-23(2)21-11-8-12-22(17-21)25(4)20-15-13-19(14-16-20)24(3)18-9-6-5-7-10-18/h5-17H,1-4H3. The molecule has 3 rings (SSSR count). The van der Waals surface area contributed by atoms with Crippen LogP contribution in [0.15, 0.2) is 78.9 Å². The lowest BCUT2D eigenvalue weighted by molar-refractivity contribution is 1.12. The summed E-state index contributed by atoms with van der Waals surface area (Å²) in [6, 6.07) is 27.6. The highest BCUT2D eigenvalue weighted by molar-refractivity contribution is 5.70. The smallest absolute Gasteiger partial charge is 0.0428 e. The summed E-state index contributed by atoms with van der Waals surface area (Å²) in [4.78, 5) is 6.52. The van der Waals surface area contributed by atoms with Crippen LogP contribution in [0.2, 0.25) is 0 Å². The molecule has 0 unspecified atom stereocenters. The molecule has 0 aliphatic carbocycles. The zero-order valence-corrected chi connectivity index (χ0v) is 15.3. The zero-order chi connectivity index (χ0) is 17.8. The van der Waals surface area contributed by atoms with Crippen molar-refractivity contribution in [3.8, 4) is 0 Å². The number of hydrogen-bond acceptors (Lipinski definition) is 3. The van der Waals surface area contributed by atoms with E-state index in [0.717, 1.165) is 0 Å². The van der Waals surface area contributed by atoms with E-state index in [1.807, 2.05) is 6.07 Å². The minimum Gasteiger partial charge on any atom is -0.378 e. The molecule has 128 valence electrons. The van der Waals surface area contributed by atoms with Gasteiger partial charge in [-0.1, -0.05) is 24.3 Å². The summed E-state index contributed by atoms with van der Waals surface area (Å²) < 4.78 is 0. The second kappa shape index (κ2) is 7.31. The highest BCUT2D eigenvalue weighted by Gasteiger charge is 2.08. The molecule has 0 saturated heterocycles. The molecule has 0 aliphatic heterocycles. The summed E-state index contributed by atoms with van der Waals surface area (Å²) in [5, 5.41) is 0. The normalized spacial score (nSPS) is 10.4. The molecule has 3 aromatic rings. The molecule has 3 heteroatoms. The minimum absolute atomic E-state index is 1.17. The number of hydrogen-bond donors (Lipinski definition) is 0. The lowest BCUT2D eigenvalue weighted by atomic mass is 10.2. The van der Waals surface area contributed by atoms with Gasteiger partial charge in [0.2, 0.25) is 0 Å². The first-order valence-electron chi connectivity index (χ1n) is 8.46. The third-order valence-electron chi connectivity index (χ3n) is 4.50. The second-order valence-corrected chi connectivity index (χ2v) is 6.38. The van der Waals surface area contributed by atoms with Gasteiger partial charge in [-0.25, -0.2) is 0 Å². The van der Waals surface area contributed by atoms with Crippen LogP contribution in [0.1, 0.15) is 0 Å². The first-order chi connectivity index (χ1) is 12.1. The number of para-hydroxylation sites is 1. The van der Waals surface area contributed by atoms with Crippen LogP contribution in [0.25, 0.3) is 0 Å². The van der Waals surface area contributed by atoms with Gasteiger partial charge in [0.1, 0.15) is 0 Å². The highest BCUT2D eigenvalue weighted by atomic mass is 15.1. The molecular formula is C22H25N3. The SMILES string of the molecule is CN(C)c1cccc(N(C)c2ccc(N(C)c3ccccc3)cc2)c1. The van der Waals surface area contributed by atoms with E-state index in [2.05, 4.69) is 116 Å². The Morgan fingerprint density at radius 3 is 1.44 bits per heavy atom. The van der Waals surface area contributed by atoms with Gasteiger partial charge in [0.15, 0.2) is 0 Å². The molecule has 0 aromatic heterocycles. The van der Waals surface area contributed by atoms with Crippen molar-refractivity contribution in [2.45, 2.75) is 0 Å². The topological polar surface area (TPSA) is 9.72 Å². The molecule has 0 amide bonds. The van der Waals surface area contributed by atoms with Gasteiger partial charge in [-0.3, -0.25) is 0 Å². The zero-order valence-electron chi connectivity index (χ0n) is 15.3. The van der Waals surface area contributed by atoms with Crippen LogP contribution in [0, 0.1) is 0 Å². The van der Waals surface area contributed by atoms with Crippen molar-refractivity contribution in [2.24, 2.45) is 0 Å². The van der Waals surface area contributed by atoms with Crippen molar-refractivity contribution in [3.63, 3.8) is 0 Å². The molecule has 0 N–H and O–H groups in total. The molecule has 0 bridgehead atoms. The maximum Gasteiger partial charge on any atom is 0.0428 e. The molecule has 3 nitrogen and oxygen atoms in total. The Balaban J connectivity index is 1.81. The van der Waals surface area contributed by atoms with Gasteiger partial charge >= 0.3 is 0 Å². The van der Waals surface area contributed by atoms with E-state index >= 15 is 0 Å². The lowest BCUT2D eigenvalue weighted by Crippen LogP contribution is -2.13. The fourth-order valence-electron chi connectivity index (χ4n) is 2.83. The van der Waals surface area contributed by atoms with Gasteiger partial charge < -0.3 is 14.7 Å². The van der Waals surface area contributed by atoms with Crippen LogP contribution < -0.4 is 14.7 Å². The fraction of sp³-hybridized carbons (Fsp3) is 0.182. The average Bonchev–Trinajstić information content (AvgIpc) is 2.67. The molecule has 3 aromatic carbocycles. The summed E-state index contributed by atoms with van der Waals surface area (Å²) in [5.74, 6) is 0. The van der Waals surface area contributed by atoms with Gasteiger partial charge in [0, 0.05) is 56.6 Å². The van der Waals surface area contributed by atoms with E-state index in [4.69, 9.17) is 0 Å². The molecule has 0 saturated carbocycles. The van der Waals surface area contributed by atoms with Crippen LogP contribution >= 0.6 is 0 Å². The molecular weight excluding hydrogens is 306 g/mol. The largest absolute Gasteiger partial charge is 0.378 e. The molecule has 0 spiro atoms. The Morgan fingerprint density at radius 2 is 0.880 bits per heavy atom.